The van der Waals surface area contributed by atoms with Crippen LogP contribution in [0.15, 0.2) is 22.7 Å². The molecule has 0 bridgehead atoms. The Morgan fingerprint density at radius 1 is 1.53 bits per heavy atom. The Morgan fingerprint density at radius 2 is 2.18 bits per heavy atom. The number of hydrogen-bond acceptors (Lipinski definition) is 3. The van der Waals surface area contributed by atoms with Crippen molar-refractivity contribution in [3.8, 4) is 0 Å². The second-order valence-electron chi connectivity index (χ2n) is 3.51. The second kappa shape index (κ2) is 5.67. The second-order valence-corrected chi connectivity index (χ2v) is 4.36. The molecule has 5 nitrogen and oxygen atoms in total. The van der Waals surface area contributed by atoms with E-state index in [9.17, 15) is 9.59 Å². The van der Waals surface area contributed by atoms with Crippen LogP contribution in [0.3, 0.4) is 0 Å². The fourth-order valence-electron chi connectivity index (χ4n) is 1.25. The van der Waals surface area contributed by atoms with Gasteiger partial charge in [-0.15, -0.1) is 0 Å². The summed E-state index contributed by atoms with van der Waals surface area (Å²) in [5.41, 5.74) is 6.48. The number of benzene rings is 1. The molecule has 1 amide bonds. The third kappa shape index (κ3) is 3.45. The van der Waals surface area contributed by atoms with Crippen molar-refractivity contribution in [3.63, 3.8) is 0 Å². The van der Waals surface area contributed by atoms with Gasteiger partial charge in [-0.25, -0.2) is 4.79 Å². The standard InChI is InChI=1S/C11H13BrN2O3/c1-2-9(11(16)17)14-10(15)6-3-4-8(13)7(12)5-6/h3-5,9H,2,13H2,1H3,(H,14,15)(H,16,17)/t9-/m0/s1. The average Bonchev–Trinajstić information content (AvgIpc) is 2.28. The number of carboxylic acid groups (broad SMARTS) is 1. The van der Waals surface area contributed by atoms with Crippen molar-refractivity contribution in [2.24, 2.45) is 0 Å². The Bertz CT molecular complexity index is 448. The monoisotopic (exact) mass is 300 g/mol. The lowest BCUT2D eigenvalue weighted by Crippen LogP contribution is -2.40. The largest absolute Gasteiger partial charge is 0.480 e. The van der Waals surface area contributed by atoms with Gasteiger partial charge in [0.05, 0.1) is 0 Å². The summed E-state index contributed by atoms with van der Waals surface area (Å²) in [5, 5.41) is 11.3. The molecule has 1 aromatic rings. The van der Waals surface area contributed by atoms with Crippen molar-refractivity contribution in [2.45, 2.75) is 19.4 Å². The zero-order valence-electron chi connectivity index (χ0n) is 9.24. The number of nitrogens with one attached hydrogen (secondary N) is 1. The zero-order chi connectivity index (χ0) is 13.0. The van der Waals surface area contributed by atoms with Crippen LogP contribution in [-0.2, 0) is 4.79 Å². The lowest BCUT2D eigenvalue weighted by Gasteiger charge is -2.12. The van der Waals surface area contributed by atoms with Crippen LogP contribution in [0.5, 0.6) is 0 Å². The van der Waals surface area contributed by atoms with Crippen molar-refractivity contribution >= 4 is 33.5 Å². The van der Waals surface area contributed by atoms with Gasteiger partial charge >= 0.3 is 5.97 Å². The van der Waals surface area contributed by atoms with Crippen molar-refractivity contribution < 1.29 is 14.7 Å². The van der Waals surface area contributed by atoms with Gasteiger partial charge in [0.15, 0.2) is 0 Å². The van der Waals surface area contributed by atoms with Crippen molar-refractivity contribution in [1.82, 2.24) is 5.32 Å². The minimum Gasteiger partial charge on any atom is -0.480 e. The number of nitrogens with two attached hydrogens (primary N) is 1. The lowest BCUT2D eigenvalue weighted by atomic mass is 10.1. The number of carboxylic acids is 1. The van der Waals surface area contributed by atoms with E-state index >= 15 is 0 Å². The third-order valence-corrected chi connectivity index (χ3v) is 2.96. The van der Waals surface area contributed by atoms with Gasteiger partial charge in [0.1, 0.15) is 6.04 Å². The molecule has 0 unspecified atom stereocenters. The van der Waals surface area contributed by atoms with Gasteiger partial charge in [0.2, 0.25) is 0 Å². The van der Waals surface area contributed by atoms with Crippen LogP contribution < -0.4 is 11.1 Å². The van der Waals surface area contributed by atoms with Crippen molar-refractivity contribution in [1.29, 1.82) is 0 Å². The minimum absolute atomic E-state index is 0.331. The molecule has 4 N–H and O–H groups in total. The topological polar surface area (TPSA) is 92.4 Å². The molecule has 0 spiro atoms. The number of rotatable bonds is 4. The van der Waals surface area contributed by atoms with Crippen molar-refractivity contribution in [2.75, 3.05) is 5.73 Å². The van der Waals surface area contributed by atoms with Gasteiger partial charge < -0.3 is 16.2 Å². The summed E-state index contributed by atoms with van der Waals surface area (Å²) in [4.78, 5) is 22.5. The molecule has 0 aliphatic heterocycles. The van der Waals surface area contributed by atoms with Crippen molar-refractivity contribution in [3.05, 3.63) is 28.2 Å². The normalized spacial score (nSPS) is 11.9. The average molecular weight is 301 g/mol. The number of carbonyl (C=O) groups is 2. The Labute approximate surface area is 107 Å². The Kier molecular flexibility index (Phi) is 4.51. The van der Waals surface area contributed by atoms with Crippen LogP contribution in [0.4, 0.5) is 5.69 Å². The van der Waals surface area contributed by atoms with E-state index < -0.39 is 17.9 Å². The number of carbonyl (C=O) groups excluding carboxylic acids is 1. The summed E-state index contributed by atoms with van der Waals surface area (Å²) in [5.74, 6) is -1.48. The molecule has 0 radical (unpaired) electrons. The summed E-state index contributed by atoms with van der Waals surface area (Å²) >= 11 is 3.21. The first-order valence-corrected chi connectivity index (χ1v) is 5.83. The zero-order valence-corrected chi connectivity index (χ0v) is 10.8. The van der Waals surface area contributed by atoms with Crippen LogP contribution in [0, 0.1) is 0 Å². The highest BCUT2D eigenvalue weighted by Crippen LogP contribution is 2.20. The molecule has 1 aromatic carbocycles. The minimum atomic E-state index is -1.05. The quantitative estimate of drug-likeness (QED) is 0.737. The Balaban J connectivity index is 2.82. The van der Waals surface area contributed by atoms with Gasteiger partial charge in [-0.05, 0) is 40.5 Å². The van der Waals surface area contributed by atoms with E-state index in [1.54, 1.807) is 25.1 Å². The molecule has 17 heavy (non-hydrogen) atoms. The van der Waals surface area contributed by atoms with Crippen LogP contribution in [0.2, 0.25) is 0 Å². The lowest BCUT2D eigenvalue weighted by molar-refractivity contribution is -0.139. The molecule has 0 saturated carbocycles. The first kappa shape index (κ1) is 13.5. The predicted molar refractivity (Wildman–Crippen MR) is 67.7 cm³/mol. The summed E-state index contributed by atoms with van der Waals surface area (Å²) in [6.07, 6.45) is 0.331. The maximum Gasteiger partial charge on any atom is 0.326 e. The SMILES string of the molecule is CC[C@H](NC(=O)c1ccc(N)c(Br)c1)C(=O)O. The van der Waals surface area contributed by atoms with E-state index in [-0.39, 0.29) is 0 Å². The Morgan fingerprint density at radius 3 is 2.65 bits per heavy atom. The molecular formula is C11H13BrN2O3. The van der Waals surface area contributed by atoms with Gasteiger partial charge in [0.25, 0.3) is 5.91 Å². The molecule has 0 aromatic heterocycles. The number of hydrogen-bond donors (Lipinski definition) is 3. The van der Waals surface area contributed by atoms with Gasteiger partial charge in [-0.1, -0.05) is 6.92 Å². The molecule has 0 fully saturated rings. The molecule has 0 heterocycles. The Hall–Kier alpha value is -1.56. The highest BCUT2D eigenvalue weighted by Gasteiger charge is 2.18. The summed E-state index contributed by atoms with van der Waals surface area (Å²) < 4.78 is 0.605. The molecule has 92 valence electrons. The number of anilines is 1. The third-order valence-electron chi connectivity index (χ3n) is 2.27. The van der Waals surface area contributed by atoms with E-state index in [0.717, 1.165) is 0 Å². The summed E-state index contributed by atoms with van der Waals surface area (Å²) in [7, 11) is 0. The fourth-order valence-corrected chi connectivity index (χ4v) is 1.63. The predicted octanol–water partition coefficient (Wildman–Crippen LogP) is 1.62. The first-order valence-electron chi connectivity index (χ1n) is 5.04. The first-order chi connectivity index (χ1) is 7.95. The van der Waals surface area contributed by atoms with Gasteiger partial charge in [-0.3, -0.25) is 4.79 Å². The smallest absolute Gasteiger partial charge is 0.326 e. The highest BCUT2D eigenvalue weighted by atomic mass is 79.9. The fraction of sp³-hybridized carbons (Fsp3) is 0.273. The van der Waals surface area contributed by atoms with Gasteiger partial charge in [-0.2, -0.15) is 0 Å². The van der Waals surface area contributed by atoms with E-state index in [0.29, 0.717) is 22.1 Å². The molecule has 0 aliphatic carbocycles. The number of amides is 1. The molecule has 0 aliphatic rings. The number of aliphatic carboxylic acids is 1. The maximum atomic E-state index is 11.7. The maximum absolute atomic E-state index is 11.7. The van der Waals surface area contributed by atoms with E-state index in [1.807, 2.05) is 0 Å². The highest BCUT2D eigenvalue weighted by molar-refractivity contribution is 9.10. The van der Waals surface area contributed by atoms with Crippen LogP contribution in [-0.4, -0.2) is 23.0 Å². The van der Waals surface area contributed by atoms with Crippen LogP contribution >= 0.6 is 15.9 Å². The van der Waals surface area contributed by atoms with E-state index in [1.165, 1.54) is 0 Å². The molecule has 1 atom stereocenters. The molecule has 1 rings (SSSR count). The van der Waals surface area contributed by atoms with E-state index in [2.05, 4.69) is 21.2 Å². The van der Waals surface area contributed by atoms with E-state index in [4.69, 9.17) is 10.8 Å². The summed E-state index contributed by atoms with van der Waals surface area (Å²) in [6.45, 7) is 1.69. The molecule has 0 saturated heterocycles. The number of halogens is 1. The van der Waals surface area contributed by atoms with Gasteiger partial charge in [0, 0.05) is 15.7 Å². The summed E-state index contributed by atoms with van der Waals surface area (Å²) in [6, 6.07) is 3.81. The molecule has 6 heteroatoms. The van der Waals surface area contributed by atoms with Crippen LogP contribution in [0.1, 0.15) is 23.7 Å². The number of nitrogen functional groups attached to an aromatic ring is 1. The van der Waals surface area contributed by atoms with Crippen LogP contribution in [0.25, 0.3) is 0 Å². The molecular weight excluding hydrogens is 288 g/mol.